The molecule has 0 unspecified atom stereocenters. The minimum atomic E-state index is -0.824. The van der Waals surface area contributed by atoms with Gasteiger partial charge in [0.05, 0.1) is 0 Å². The molecule has 0 atom stereocenters. The van der Waals surface area contributed by atoms with E-state index in [4.69, 9.17) is 22.7 Å². The van der Waals surface area contributed by atoms with Crippen LogP contribution >= 0.6 is 12.2 Å². The van der Waals surface area contributed by atoms with E-state index in [1.54, 1.807) is 25.8 Å². The van der Waals surface area contributed by atoms with Crippen molar-refractivity contribution in [3.63, 3.8) is 0 Å². The van der Waals surface area contributed by atoms with Gasteiger partial charge in [-0.25, -0.2) is 0 Å². The highest BCUT2D eigenvalue weighted by molar-refractivity contribution is 7.80. The van der Waals surface area contributed by atoms with E-state index in [0.717, 1.165) is 11.1 Å². The van der Waals surface area contributed by atoms with Gasteiger partial charge < -0.3 is 15.4 Å². The van der Waals surface area contributed by atoms with Crippen molar-refractivity contribution in [2.75, 3.05) is 14.2 Å². The maximum Gasteiger partial charge on any atom is 0.254 e. The largest absolute Gasteiger partial charge is 0.389 e. The Morgan fingerprint density at radius 2 is 2.11 bits per heavy atom. The number of methoxy groups -OCH3 is 1. The average molecular weight is 280 g/mol. The number of carbonyl (C=O) groups is 1. The molecule has 0 heterocycles. The highest BCUT2D eigenvalue weighted by Gasteiger charge is 2.29. The van der Waals surface area contributed by atoms with E-state index in [0.29, 0.717) is 11.5 Å². The van der Waals surface area contributed by atoms with E-state index in [9.17, 15) is 4.79 Å². The highest BCUT2D eigenvalue weighted by atomic mass is 32.1. The van der Waals surface area contributed by atoms with E-state index in [2.05, 4.69) is 0 Å². The number of carbonyl (C=O) groups excluding carboxylic acids is 1. The minimum Gasteiger partial charge on any atom is -0.389 e. The van der Waals surface area contributed by atoms with Crippen LogP contribution in [-0.2, 0) is 16.1 Å². The first-order valence-corrected chi connectivity index (χ1v) is 6.38. The number of benzene rings is 1. The van der Waals surface area contributed by atoms with Crippen molar-refractivity contribution in [2.45, 2.75) is 26.0 Å². The quantitative estimate of drug-likeness (QED) is 0.834. The van der Waals surface area contributed by atoms with Crippen LogP contribution in [0.5, 0.6) is 0 Å². The van der Waals surface area contributed by atoms with Crippen LogP contribution in [0.1, 0.15) is 25.0 Å². The second-order valence-electron chi connectivity index (χ2n) is 4.94. The number of nitrogens with two attached hydrogens (primary N) is 1. The summed E-state index contributed by atoms with van der Waals surface area (Å²) in [4.78, 5) is 14.2. The fourth-order valence-electron chi connectivity index (χ4n) is 1.72. The summed E-state index contributed by atoms with van der Waals surface area (Å²) in [5, 5.41) is 0. The van der Waals surface area contributed by atoms with Crippen LogP contribution in [0.2, 0.25) is 0 Å². The predicted octanol–water partition coefficient (Wildman–Crippen LogP) is 1.70. The summed E-state index contributed by atoms with van der Waals surface area (Å²) in [6.45, 7) is 3.98. The monoisotopic (exact) mass is 280 g/mol. The Bertz CT molecular complexity index is 486. The molecular formula is C14H20N2O2S. The van der Waals surface area contributed by atoms with E-state index in [-0.39, 0.29) is 5.91 Å². The highest BCUT2D eigenvalue weighted by Crippen LogP contribution is 2.14. The maximum absolute atomic E-state index is 12.2. The topological polar surface area (TPSA) is 55.6 Å². The van der Waals surface area contributed by atoms with E-state index >= 15 is 0 Å². The summed E-state index contributed by atoms with van der Waals surface area (Å²) in [6.07, 6.45) is 0. The lowest BCUT2D eigenvalue weighted by Gasteiger charge is -2.28. The summed E-state index contributed by atoms with van der Waals surface area (Å²) in [5.74, 6) is -0.0734. The van der Waals surface area contributed by atoms with Crippen molar-refractivity contribution in [1.29, 1.82) is 0 Å². The molecule has 104 valence electrons. The second kappa shape index (κ2) is 6.12. The van der Waals surface area contributed by atoms with Gasteiger partial charge in [-0.2, -0.15) is 0 Å². The zero-order chi connectivity index (χ0) is 14.6. The van der Waals surface area contributed by atoms with Crippen molar-refractivity contribution < 1.29 is 9.53 Å². The molecule has 5 heteroatoms. The zero-order valence-electron chi connectivity index (χ0n) is 11.8. The van der Waals surface area contributed by atoms with Crippen LogP contribution in [-0.4, -0.2) is 35.6 Å². The Morgan fingerprint density at radius 1 is 1.47 bits per heavy atom. The Labute approximate surface area is 119 Å². The normalized spacial score (nSPS) is 11.2. The van der Waals surface area contributed by atoms with E-state index in [1.165, 1.54) is 7.11 Å². The van der Waals surface area contributed by atoms with Gasteiger partial charge in [-0.15, -0.1) is 0 Å². The molecule has 0 fully saturated rings. The molecule has 1 amide bonds. The van der Waals surface area contributed by atoms with Gasteiger partial charge in [-0.3, -0.25) is 4.79 Å². The molecule has 1 aromatic rings. The lowest BCUT2D eigenvalue weighted by atomic mass is 10.1. The van der Waals surface area contributed by atoms with Crippen LogP contribution in [0.4, 0.5) is 0 Å². The first-order chi connectivity index (χ1) is 8.77. The van der Waals surface area contributed by atoms with Crippen molar-refractivity contribution in [3.05, 3.63) is 35.4 Å². The number of hydrogen-bond acceptors (Lipinski definition) is 3. The lowest BCUT2D eigenvalue weighted by Crippen LogP contribution is -2.44. The first kappa shape index (κ1) is 15.6. The van der Waals surface area contributed by atoms with Crippen molar-refractivity contribution in [1.82, 2.24) is 4.90 Å². The molecule has 0 saturated carbocycles. The predicted molar refractivity (Wildman–Crippen MR) is 79.9 cm³/mol. The molecule has 1 aromatic carbocycles. The van der Waals surface area contributed by atoms with Gasteiger partial charge in [0, 0.05) is 26.3 Å². The summed E-state index contributed by atoms with van der Waals surface area (Å²) in [7, 11) is 3.27. The molecular weight excluding hydrogens is 260 g/mol. The smallest absolute Gasteiger partial charge is 0.254 e. The van der Waals surface area contributed by atoms with Crippen molar-refractivity contribution in [2.24, 2.45) is 5.73 Å². The second-order valence-corrected chi connectivity index (χ2v) is 5.38. The summed E-state index contributed by atoms with van der Waals surface area (Å²) in [6, 6.07) is 7.56. The molecule has 0 radical (unpaired) electrons. The molecule has 0 aromatic heterocycles. The molecule has 4 nitrogen and oxygen atoms in total. The molecule has 1 rings (SSSR count). The van der Waals surface area contributed by atoms with Crippen LogP contribution < -0.4 is 5.73 Å². The average Bonchev–Trinajstić information content (AvgIpc) is 2.38. The molecule has 2 N–H and O–H groups in total. The van der Waals surface area contributed by atoms with Crippen molar-refractivity contribution in [3.8, 4) is 0 Å². The Hall–Kier alpha value is -1.46. The summed E-state index contributed by atoms with van der Waals surface area (Å²) < 4.78 is 5.19. The number of amides is 1. The molecule has 0 bridgehead atoms. The molecule has 0 aliphatic heterocycles. The van der Waals surface area contributed by atoms with Crippen LogP contribution in [0, 0.1) is 0 Å². The lowest BCUT2D eigenvalue weighted by molar-refractivity contribution is -0.150. The summed E-state index contributed by atoms with van der Waals surface area (Å²) in [5.41, 5.74) is 6.56. The molecule has 0 spiro atoms. The number of thiocarbonyl (C=S) groups is 1. The standard InChI is InChI=1S/C14H20N2O2S/c1-14(2,18-4)13(17)16(3)9-10-6-5-7-11(8-10)12(15)19/h5-8H,9H2,1-4H3,(H2,15,19). The molecule has 0 aliphatic rings. The van der Waals surface area contributed by atoms with Crippen LogP contribution in [0.3, 0.4) is 0 Å². The Morgan fingerprint density at radius 3 is 2.63 bits per heavy atom. The third kappa shape index (κ3) is 4.01. The number of likely N-dealkylation sites (N-methyl/N-ethyl adjacent to an activating group) is 1. The third-order valence-corrected chi connectivity index (χ3v) is 3.24. The fraction of sp³-hybridized carbons (Fsp3) is 0.429. The fourth-order valence-corrected chi connectivity index (χ4v) is 1.84. The zero-order valence-corrected chi connectivity index (χ0v) is 12.6. The number of hydrogen-bond donors (Lipinski definition) is 1. The number of nitrogens with zero attached hydrogens (tertiary/aromatic N) is 1. The van der Waals surface area contributed by atoms with Crippen LogP contribution in [0.15, 0.2) is 24.3 Å². The first-order valence-electron chi connectivity index (χ1n) is 5.97. The maximum atomic E-state index is 12.2. The van der Waals surface area contributed by atoms with E-state index < -0.39 is 5.60 Å². The van der Waals surface area contributed by atoms with Gasteiger partial charge in [-0.05, 0) is 25.5 Å². The molecule has 0 aliphatic carbocycles. The van der Waals surface area contributed by atoms with Gasteiger partial charge in [-0.1, -0.05) is 30.4 Å². The Balaban J connectivity index is 2.82. The van der Waals surface area contributed by atoms with Crippen molar-refractivity contribution >= 4 is 23.1 Å². The van der Waals surface area contributed by atoms with Gasteiger partial charge in [0.15, 0.2) is 0 Å². The molecule has 0 saturated heterocycles. The van der Waals surface area contributed by atoms with Gasteiger partial charge in [0.1, 0.15) is 10.6 Å². The van der Waals surface area contributed by atoms with Gasteiger partial charge >= 0.3 is 0 Å². The summed E-state index contributed by atoms with van der Waals surface area (Å²) >= 11 is 4.94. The van der Waals surface area contributed by atoms with Crippen LogP contribution in [0.25, 0.3) is 0 Å². The Kier molecular flexibility index (Phi) is 5.03. The third-order valence-electron chi connectivity index (χ3n) is 3.00. The minimum absolute atomic E-state index is 0.0734. The SMILES string of the molecule is COC(C)(C)C(=O)N(C)Cc1cccc(C(N)=S)c1. The number of ether oxygens (including phenoxy) is 1. The van der Waals surface area contributed by atoms with Gasteiger partial charge in [0.2, 0.25) is 0 Å². The number of rotatable bonds is 5. The van der Waals surface area contributed by atoms with Gasteiger partial charge in [0.25, 0.3) is 5.91 Å². The molecule has 19 heavy (non-hydrogen) atoms. The van der Waals surface area contributed by atoms with E-state index in [1.807, 2.05) is 24.3 Å².